The van der Waals surface area contributed by atoms with Gasteiger partial charge in [0.2, 0.25) is 0 Å². The molecular formula is C14H18BrFN2O. The van der Waals surface area contributed by atoms with Gasteiger partial charge in [0.1, 0.15) is 5.82 Å². The van der Waals surface area contributed by atoms with Gasteiger partial charge in [0, 0.05) is 17.1 Å². The van der Waals surface area contributed by atoms with Gasteiger partial charge < -0.3 is 10.2 Å². The lowest BCUT2D eigenvalue weighted by Gasteiger charge is -2.21. The number of carbonyl (C=O) groups is 1. The van der Waals surface area contributed by atoms with E-state index >= 15 is 0 Å². The third kappa shape index (κ3) is 4.01. The highest BCUT2D eigenvalue weighted by Crippen LogP contribution is 2.15. The first-order valence-corrected chi connectivity index (χ1v) is 7.34. The summed E-state index contributed by atoms with van der Waals surface area (Å²) >= 11 is 3.25. The topological polar surface area (TPSA) is 32.3 Å². The Morgan fingerprint density at radius 3 is 2.84 bits per heavy atom. The molecule has 1 aliphatic heterocycles. The predicted molar refractivity (Wildman–Crippen MR) is 76.7 cm³/mol. The summed E-state index contributed by atoms with van der Waals surface area (Å²) in [4.78, 5) is 14.3. The van der Waals surface area contributed by atoms with Crippen LogP contribution in [-0.2, 0) is 0 Å². The number of amides is 1. The SMILES string of the molecule is CC(CN1CCCC1)NC(=O)c1cc(Br)ccc1F. The average molecular weight is 329 g/mol. The summed E-state index contributed by atoms with van der Waals surface area (Å²) in [5, 5.41) is 2.85. The molecule has 0 aliphatic carbocycles. The Labute approximate surface area is 121 Å². The van der Waals surface area contributed by atoms with Crippen LogP contribution in [0.4, 0.5) is 4.39 Å². The Kier molecular flexibility index (Phi) is 4.93. The lowest BCUT2D eigenvalue weighted by atomic mass is 10.2. The van der Waals surface area contributed by atoms with Crippen molar-refractivity contribution in [3.05, 3.63) is 34.1 Å². The first kappa shape index (κ1) is 14.5. The van der Waals surface area contributed by atoms with E-state index in [0.717, 1.165) is 19.6 Å². The van der Waals surface area contributed by atoms with Gasteiger partial charge in [-0.2, -0.15) is 0 Å². The van der Waals surface area contributed by atoms with Gasteiger partial charge in [-0.25, -0.2) is 4.39 Å². The largest absolute Gasteiger partial charge is 0.348 e. The van der Waals surface area contributed by atoms with E-state index in [1.165, 1.54) is 25.0 Å². The molecule has 1 aliphatic rings. The van der Waals surface area contributed by atoms with Crippen molar-refractivity contribution < 1.29 is 9.18 Å². The molecule has 104 valence electrons. The smallest absolute Gasteiger partial charge is 0.254 e. The third-order valence-corrected chi connectivity index (χ3v) is 3.77. The van der Waals surface area contributed by atoms with Gasteiger partial charge in [-0.3, -0.25) is 4.79 Å². The summed E-state index contributed by atoms with van der Waals surface area (Å²) in [6, 6.07) is 4.40. The number of likely N-dealkylation sites (tertiary alicyclic amines) is 1. The Bertz CT molecular complexity index is 461. The van der Waals surface area contributed by atoms with Crippen LogP contribution in [0.2, 0.25) is 0 Å². The zero-order valence-electron chi connectivity index (χ0n) is 11.0. The van der Waals surface area contributed by atoms with Crippen LogP contribution >= 0.6 is 15.9 Å². The van der Waals surface area contributed by atoms with Crippen molar-refractivity contribution in [3.63, 3.8) is 0 Å². The first-order valence-electron chi connectivity index (χ1n) is 6.54. The summed E-state index contributed by atoms with van der Waals surface area (Å²) in [7, 11) is 0. The summed E-state index contributed by atoms with van der Waals surface area (Å²) in [6.45, 7) is 4.95. The minimum atomic E-state index is -0.492. The summed E-state index contributed by atoms with van der Waals surface area (Å²) < 4.78 is 14.3. The van der Waals surface area contributed by atoms with E-state index in [0.29, 0.717) is 4.47 Å². The van der Waals surface area contributed by atoms with Gasteiger partial charge in [-0.05, 0) is 51.1 Å². The molecule has 1 fully saturated rings. The quantitative estimate of drug-likeness (QED) is 0.921. The van der Waals surface area contributed by atoms with Crippen LogP contribution in [-0.4, -0.2) is 36.5 Å². The fraction of sp³-hybridized carbons (Fsp3) is 0.500. The first-order chi connectivity index (χ1) is 9.06. The highest BCUT2D eigenvalue weighted by molar-refractivity contribution is 9.10. The van der Waals surface area contributed by atoms with Crippen LogP contribution in [0.5, 0.6) is 0 Å². The Morgan fingerprint density at radius 2 is 2.16 bits per heavy atom. The zero-order chi connectivity index (χ0) is 13.8. The predicted octanol–water partition coefficient (Wildman–Crippen LogP) is 2.80. The molecule has 1 atom stereocenters. The normalized spacial score (nSPS) is 17.4. The van der Waals surface area contributed by atoms with Crippen LogP contribution in [0.15, 0.2) is 22.7 Å². The second-order valence-corrected chi connectivity index (χ2v) is 5.92. The number of hydrogen-bond acceptors (Lipinski definition) is 2. The lowest BCUT2D eigenvalue weighted by molar-refractivity contribution is 0.0928. The minimum Gasteiger partial charge on any atom is -0.348 e. The summed E-state index contributed by atoms with van der Waals surface area (Å²) in [5.41, 5.74) is 0.0858. The van der Waals surface area contributed by atoms with Crippen LogP contribution in [0, 0.1) is 5.82 Å². The molecule has 0 saturated carbocycles. The van der Waals surface area contributed by atoms with Gasteiger partial charge in [0.15, 0.2) is 0 Å². The number of nitrogens with one attached hydrogen (secondary N) is 1. The maximum Gasteiger partial charge on any atom is 0.254 e. The fourth-order valence-electron chi connectivity index (χ4n) is 2.37. The maximum absolute atomic E-state index is 13.6. The van der Waals surface area contributed by atoms with Crippen LogP contribution in [0.25, 0.3) is 0 Å². The van der Waals surface area contributed by atoms with Gasteiger partial charge in [0.05, 0.1) is 5.56 Å². The molecule has 1 saturated heterocycles. The molecule has 1 amide bonds. The molecule has 1 aromatic rings. The van der Waals surface area contributed by atoms with E-state index < -0.39 is 5.82 Å². The lowest BCUT2D eigenvalue weighted by Crippen LogP contribution is -2.41. The van der Waals surface area contributed by atoms with E-state index in [-0.39, 0.29) is 17.5 Å². The van der Waals surface area contributed by atoms with Crippen LogP contribution < -0.4 is 5.32 Å². The molecule has 0 aromatic heterocycles. The van der Waals surface area contributed by atoms with Gasteiger partial charge in [-0.1, -0.05) is 15.9 Å². The minimum absolute atomic E-state index is 0.0176. The monoisotopic (exact) mass is 328 g/mol. The number of nitrogens with zero attached hydrogens (tertiary/aromatic N) is 1. The summed E-state index contributed by atoms with van der Waals surface area (Å²) in [6.07, 6.45) is 2.45. The van der Waals surface area contributed by atoms with Crippen molar-refractivity contribution in [1.82, 2.24) is 10.2 Å². The molecule has 3 nitrogen and oxygen atoms in total. The van der Waals surface area contributed by atoms with Crippen molar-refractivity contribution in [2.45, 2.75) is 25.8 Å². The number of halogens is 2. The number of hydrogen-bond donors (Lipinski definition) is 1. The van der Waals surface area contributed by atoms with Crippen LogP contribution in [0.1, 0.15) is 30.1 Å². The molecule has 5 heteroatoms. The molecule has 0 radical (unpaired) electrons. The van der Waals surface area contributed by atoms with E-state index in [1.807, 2.05) is 6.92 Å². The Balaban J connectivity index is 1.94. The Hall–Kier alpha value is -0.940. The van der Waals surface area contributed by atoms with Gasteiger partial charge in [0.25, 0.3) is 5.91 Å². The second-order valence-electron chi connectivity index (χ2n) is 5.01. The van der Waals surface area contributed by atoms with Gasteiger partial charge in [-0.15, -0.1) is 0 Å². The maximum atomic E-state index is 13.6. The van der Waals surface area contributed by atoms with Crippen LogP contribution in [0.3, 0.4) is 0 Å². The van der Waals surface area contributed by atoms with Gasteiger partial charge >= 0.3 is 0 Å². The molecule has 19 heavy (non-hydrogen) atoms. The molecule has 1 heterocycles. The number of rotatable bonds is 4. The standard InChI is InChI=1S/C14H18BrFN2O/c1-10(9-18-6-2-3-7-18)17-14(19)12-8-11(15)4-5-13(12)16/h4-5,8,10H,2-3,6-7,9H2,1H3,(H,17,19). The molecular weight excluding hydrogens is 311 g/mol. The van der Waals surface area contributed by atoms with Crippen molar-refractivity contribution in [1.29, 1.82) is 0 Å². The third-order valence-electron chi connectivity index (χ3n) is 3.28. The van der Waals surface area contributed by atoms with E-state index in [4.69, 9.17) is 0 Å². The number of carbonyl (C=O) groups excluding carboxylic acids is 1. The molecule has 2 rings (SSSR count). The van der Waals surface area contributed by atoms with E-state index in [1.54, 1.807) is 6.07 Å². The molecule has 1 unspecified atom stereocenters. The molecule has 0 bridgehead atoms. The number of benzene rings is 1. The average Bonchev–Trinajstić information content (AvgIpc) is 2.84. The summed E-state index contributed by atoms with van der Waals surface area (Å²) in [5.74, 6) is -0.848. The van der Waals surface area contributed by atoms with Crippen molar-refractivity contribution in [3.8, 4) is 0 Å². The van der Waals surface area contributed by atoms with Crippen molar-refractivity contribution >= 4 is 21.8 Å². The second kappa shape index (κ2) is 6.48. The fourth-order valence-corrected chi connectivity index (χ4v) is 2.73. The van der Waals surface area contributed by atoms with E-state index in [9.17, 15) is 9.18 Å². The molecule has 1 N–H and O–H groups in total. The highest BCUT2D eigenvalue weighted by Gasteiger charge is 2.18. The van der Waals surface area contributed by atoms with Crippen molar-refractivity contribution in [2.75, 3.05) is 19.6 Å². The van der Waals surface area contributed by atoms with Crippen molar-refractivity contribution in [2.24, 2.45) is 0 Å². The van der Waals surface area contributed by atoms with E-state index in [2.05, 4.69) is 26.1 Å². The Morgan fingerprint density at radius 1 is 1.47 bits per heavy atom. The zero-order valence-corrected chi connectivity index (χ0v) is 12.5. The molecule has 1 aromatic carbocycles. The highest BCUT2D eigenvalue weighted by atomic mass is 79.9. The molecule has 0 spiro atoms.